The summed E-state index contributed by atoms with van der Waals surface area (Å²) >= 11 is 5.93. The van der Waals surface area contributed by atoms with Crippen LogP contribution in [0.5, 0.6) is 0 Å². The highest BCUT2D eigenvalue weighted by molar-refractivity contribution is 6.30. The zero-order chi connectivity index (χ0) is 15.4. The Hall–Kier alpha value is -2.06. The molecule has 1 aliphatic carbocycles. The standard InChI is InChI=1S/C19H18ClNO/c20-17-8-6-15(7-9-17)16-10-18(12-19(22)11-16)21-13-14-4-2-1-3-5-14/h1-9,12,16,21H,10-11,13H2/t16-/m0/s1. The third-order valence-electron chi connectivity index (χ3n) is 3.95. The number of carbonyl (C=O) groups excluding carboxylic acids is 1. The molecule has 0 spiro atoms. The van der Waals surface area contributed by atoms with Crippen molar-refractivity contribution in [2.75, 3.05) is 0 Å². The zero-order valence-electron chi connectivity index (χ0n) is 12.3. The first-order valence-corrected chi connectivity index (χ1v) is 7.85. The molecule has 2 aromatic rings. The van der Waals surface area contributed by atoms with Crippen molar-refractivity contribution in [1.29, 1.82) is 0 Å². The molecule has 1 atom stereocenters. The molecule has 0 radical (unpaired) electrons. The van der Waals surface area contributed by atoms with Crippen LogP contribution in [-0.4, -0.2) is 5.78 Å². The lowest BCUT2D eigenvalue weighted by molar-refractivity contribution is -0.115. The molecule has 0 saturated carbocycles. The number of nitrogens with one attached hydrogen (secondary N) is 1. The third-order valence-corrected chi connectivity index (χ3v) is 4.20. The summed E-state index contributed by atoms with van der Waals surface area (Å²) in [6.07, 6.45) is 3.17. The molecule has 2 aromatic carbocycles. The average molecular weight is 312 g/mol. The Morgan fingerprint density at radius 2 is 1.73 bits per heavy atom. The number of carbonyl (C=O) groups is 1. The van der Waals surface area contributed by atoms with Crippen molar-refractivity contribution < 1.29 is 4.79 Å². The number of rotatable bonds is 4. The molecule has 3 heteroatoms. The number of hydrogen-bond donors (Lipinski definition) is 1. The lowest BCUT2D eigenvalue weighted by Gasteiger charge is -2.23. The molecule has 0 fully saturated rings. The minimum absolute atomic E-state index is 0.182. The zero-order valence-corrected chi connectivity index (χ0v) is 13.0. The van der Waals surface area contributed by atoms with Crippen LogP contribution >= 0.6 is 11.6 Å². The van der Waals surface area contributed by atoms with Gasteiger partial charge in [0.2, 0.25) is 0 Å². The summed E-state index contributed by atoms with van der Waals surface area (Å²) in [6, 6.07) is 18.0. The smallest absolute Gasteiger partial charge is 0.158 e. The van der Waals surface area contributed by atoms with Gasteiger partial charge in [0.25, 0.3) is 0 Å². The van der Waals surface area contributed by atoms with E-state index in [1.54, 1.807) is 6.08 Å². The predicted molar refractivity (Wildman–Crippen MR) is 89.8 cm³/mol. The number of halogens is 1. The maximum absolute atomic E-state index is 12.0. The van der Waals surface area contributed by atoms with Gasteiger partial charge in [0.15, 0.2) is 5.78 Å². The fourth-order valence-electron chi connectivity index (χ4n) is 2.80. The maximum atomic E-state index is 12.0. The molecule has 0 unspecified atom stereocenters. The second-order valence-electron chi connectivity index (χ2n) is 5.63. The Morgan fingerprint density at radius 1 is 1.00 bits per heavy atom. The number of ketones is 1. The van der Waals surface area contributed by atoms with E-state index in [-0.39, 0.29) is 11.7 Å². The third kappa shape index (κ3) is 3.77. The molecule has 1 aliphatic rings. The minimum atomic E-state index is 0.182. The van der Waals surface area contributed by atoms with Crippen LogP contribution in [0.15, 0.2) is 66.4 Å². The highest BCUT2D eigenvalue weighted by Crippen LogP contribution is 2.31. The molecule has 0 heterocycles. The van der Waals surface area contributed by atoms with Gasteiger partial charge >= 0.3 is 0 Å². The second-order valence-corrected chi connectivity index (χ2v) is 6.07. The monoisotopic (exact) mass is 311 g/mol. The van der Waals surface area contributed by atoms with Crippen molar-refractivity contribution in [3.63, 3.8) is 0 Å². The summed E-state index contributed by atoms with van der Waals surface area (Å²) in [5.74, 6) is 0.412. The van der Waals surface area contributed by atoms with Crippen LogP contribution in [0.2, 0.25) is 5.02 Å². The van der Waals surface area contributed by atoms with Crippen LogP contribution < -0.4 is 5.32 Å². The molecule has 2 nitrogen and oxygen atoms in total. The first-order chi connectivity index (χ1) is 10.7. The minimum Gasteiger partial charge on any atom is -0.384 e. The van der Waals surface area contributed by atoms with Crippen molar-refractivity contribution in [3.8, 4) is 0 Å². The van der Waals surface area contributed by atoms with Crippen molar-refractivity contribution >= 4 is 17.4 Å². The molecular weight excluding hydrogens is 294 g/mol. The molecule has 3 rings (SSSR count). The van der Waals surface area contributed by atoms with Gasteiger partial charge < -0.3 is 5.32 Å². The van der Waals surface area contributed by atoms with Gasteiger partial charge in [-0.25, -0.2) is 0 Å². The van der Waals surface area contributed by atoms with Crippen LogP contribution in [0.3, 0.4) is 0 Å². The van der Waals surface area contributed by atoms with E-state index in [2.05, 4.69) is 17.4 Å². The second kappa shape index (κ2) is 6.80. The average Bonchev–Trinajstić information content (AvgIpc) is 2.54. The quantitative estimate of drug-likeness (QED) is 0.903. The van der Waals surface area contributed by atoms with Gasteiger partial charge in [0.05, 0.1) is 0 Å². The van der Waals surface area contributed by atoms with Gasteiger partial charge in [-0.1, -0.05) is 54.1 Å². The summed E-state index contributed by atoms with van der Waals surface area (Å²) in [6.45, 7) is 0.743. The molecule has 0 aliphatic heterocycles. The summed E-state index contributed by atoms with van der Waals surface area (Å²) in [7, 11) is 0. The summed E-state index contributed by atoms with van der Waals surface area (Å²) in [5, 5.41) is 4.12. The van der Waals surface area contributed by atoms with Crippen LogP contribution in [0, 0.1) is 0 Å². The number of benzene rings is 2. The van der Waals surface area contributed by atoms with E-state index in [1.165, 1.54) is 11.1 Å². The molecular formula is C19H18ClNO. The number of allylic oxidation sites excluding steroid dienone is 2. The summed E-state index contributed by atoms with van der Waals surface area (Å²) in [5.41, 5.74) is 3.40. The normalized spacial score (nSPS) is 18.0. The van der Waals surface area contributed by atoms with E-state index in [1.807, 2.05) is 42.5 Å². The molecule has 0 saturated heterocycles. The van der Waals surface area contributed by atoms with Crippen LogP contribution in [0.25, 0.3) is 0 Å². The van der Waals surface area contributed by atoms with E-state index in [4.69, 9.17) is 11.6 Å². The highest BCUT2D eigenvalue weighted by atomic mass is 35.5. The van der Waals surface area contributed by atoms with E-state index in [0.717, 1.165) is 23.7 Å². The van der Waals surface area contributed by atoms with Gasteiger partial charge in [-0.05, 0) is 35.6 Å². The Balaban J connectivity index is 1.67. The first-order valence-electron chi connectivity index (χ1n) is 7.47. The van der Waals surface area contributed by atoms with Gasteiger partial charge in [0.1, 0.15) is 0 Å². The van der Waals surface area contributed by atoms with E-state index in [0.29, 0.717) is 6.42 Å². The summed E-state index contributed by atoms with van der Waals surface area (Å²) in [4.78, 5) is 12.0. The lowest BCUT2D eigenvalue weighted by Crippen LogP contribution is -2.21. The Morgan fingerprint density at radius 3 is 2.45 bits per heavy atom. The van der Waals surface area contributed by atoms with Gasteiger partial charge in [-0.2, -0.15) is 0 Å². The molecule has 0 amide bonds. The van der Waals surface area contributed by atoms with Crippen LogP contribution in [0.4, 0.5) is 0 Å². The lowest BCUT2D eigenvalue weighted by atomic mass is 9.85. The Labute approximate surface area is 135 Å². The topological polar surface area (TPSA) is 29.1 Å². The van der Waals surface area contributed by atoms with E-state index < -0.39 is 0 Å². The molecule has 112 valence electrons. The van der Waals surface area contributed by atoms with Gasteiger partial charge in [-0.3, -0.25) is 4.79 Å². The van der Waals surface area contributed by atoms with Crippen molar-refractivity contribution in [2.45, 2.75) is 25.3 Å². The Kier molecular flexibility index (Phi) is 4.59. The van der Waals surface area contributed by atoms with Crippen molar-refractivity contribution in [1.82, 2.24) is 5.32 Å². The fourth-order valence-corrected chi connectivity index (χ4v) is 2.92. The SMILES string of the molecule is O=C1C=C(NCc2ccccc2)C[C@H](c2ccc(Cl)cc2)C1. The molecule has 22 heavy (non-hydrogen) atoms. The number of hydrogen-bond acceptors (Lipinski definition) is 2. The van der Waals surface area contributed by atoms with Gasteiger partial charge in [0, 0.05) is 29.8 Å². The van der Waals surface area contributed by atoms with Crippen molar-refractivity contribution in [2.24, 2.45) is 0 Å². The highest BCUT2D eigenvalue weighted by Gasteiger charge is 2.22. The molecule has 0 bridgehead atoms. The van der Waals surface area contributed by atoms with Gasteiger partial charge in [-0.15, -0.1) is 0 Å². The first kappa shape index (κ1) is 14.9. The van der Waals surface area contributed by atoms with Crippen LogP contribution in [0.1, 0.15) is 29.9 Å². The maximum Gasteiger partial charge on any atom is 0.158 e. The largest absolute Gasteiger partial charge is 0.384 e. The van der Waals surface area contributed by atoms with Crippen LogP contribution in [-0.2, 0) is 11.3 Å². The predicted octanol–water partition coefficient (Wildman–Crippen LogP) is 4.46. The van der Waals surface area contributed by atoms with E-state index in [9.17, 15) is 4.79 Å². The van der Waals surface area contributed by atoms with Crippen molar-refractivity contribution in [3.05, 3.63) is 82.5 Å². The fraction of sp³-hybridized carbons (Fsp3) is 0.211. The summed E-state index contributed by atoms with van der Waals surface area (Å²) < 4.78 is 0. The molecule has 1 N–H and O–H groups in total. The Bertz CT molecular complexity index is 676. The van der Waals surface area contributed by atoms with E-state index >= 15 is 0 Å². The molecule has 0 aromatic heterocycles.